The van der Waals surface area contributed by atoms with E-state index in [4.69, 9.17) is 14.5 Å². The molecular formula is C27H35ClN4O5S3. The highest BCUT2D eigenvalue weighted by Crippen LogP contribution is 2.35. The number of thioether (sulfide) groups is 1. The van der Waals surface area contributed by atoms with E-state index in [2.05, 4.69) is 4.90 Å². The van der Waals surface area contributed by atoms with Gasteiger partial charge in [0.1, 0.15) is 0 Å². The van der Waals surface area contributed by atoms with Gasteiger partial charge in [0.15, 0.2) is 5.13 Å². The molecule has 1 aromatic heterocycles. The van der Waals surface area contributed by atoms with Gasteiger partial charge in [0.05, 0.1) is 40.5 Å². The highest BCUT2D eigenvalue weighted by atomic mass is 35.5. The first-order valence-corrected chi connectivity index (χ1v) is 16.6. The number of nitrogens with zero attached hydrogens (tertiary/aromatic N) is 4. The fourth-order valence-corrected chi connectivity index (χ4v) is 8.18. The van der Waals surface area contributed by atoms with Crippen LogP contribution in [-0.4, -0.2) is 99.5 Å². The quantitative estimate of drug-likeness (QED) is 0.343. The van der Waals surface area contributed by atoms with E-state index in [0.29, 0.717) is 50.1 Å². The Bertz CT molecular complexity index is 1400. The second kappa shape index (κ2) is 13.5. The zero-order valence-corrected chi connectivity index (χ0v) is 26.1. The second-order valence-corrected chi connectivity index (χ2v) is 13.6. The maximum Gasteiger partial charge on any atom is 0.260 e. The number of hydrogen-bond donors (Lipinski definition) is 0. The molecule has 40 heavy (non-hydrogen) atoms. The minimum absolute atomic E-state index is 0. The van der Waals surface area contributed by atoms with Crippen molar-refractivity contribution in [1.82, 2.24) is 14.2 Å². The second-order valence-electron chi connectivity index (χ2n) is 9.82. The van der Waals surface area contributed by atoms with E-state index in [1.807, 2.05) is 38.3 Å². The summed E-state index contributed by atoms with van der Waals surface area (Å²) in [5, 5.41) is 0.637. The van der Waals surface area contributed by atoms with Crippen LogP contribution in [0.1, 0.15) is 24.2 Å². The zero-order valence-electron chi connectivity index (χ0n) is 22.8. The van der Waals surface area contributed by atoms with Gasteiger partial charge < -0.3 is 9.47 Å². The molecule has 3 aromatic rings. The Hall–Kier alpha value is -1.77. The largest absolute Gasteiger partial charge is 0.379 e. The molecule has 0 N–H and O–H groups in total. The molecule has 0 aliphatic carbocycles. The molecule has 2 aliphatic heterocycles. The number of amides is 1. The number of ether oxygens (including phenoxy) is 2. The third kappa shape index (κ3) is 6.81. The lowest BCUT2D eigenvalue weighted by Crippen LogP contribution is -2.48. The van der Waals surface area contributed by atoms with E-state index >= 15 is 0 Å². The number of para-hydroxylation sites is 1. The Kier molecular flexibility index (Phi) is 10.5. The normalized spacial score (nSPS) is 20.8. The van der Waals surface area contributed by atoms with E-state index in [1.165, 1.54) is 27.8 Å². The number of thiazole rings is 1. The average Bonchev–Trinajstić information content (AvgIpc) is 3.37. The third-order valence-electron chi connectivity index (χ3n) is 6.94. The van der Waals surface area contributed by atoms with Gasteiger partial charge in [-0.05, 0) is 56.5 Å². The molecule has 0 radical (unpaired) electrons. The summed E-state index contributed by atoms with van der Waals surface area (Å²) in [5.41, 5.74) is 1.31. The number of benzene rings is 2. The molecule has 218 valence electrons. The highest BCUT2D eigenvalue weighted by molar-refractivity contribution is 7.98. The lowest BCUT2D eigenvalue weighted by atomic mass is 10.2. The first kappa shape index (κ1) is 31.2. The predicted molar refractivity (Wildman–Crippen MR) is 163 cm³/mol. The molecule has 13 heteroatoms. The van der Waals surface area contributed by atoms with Gasteiger partial charge in [-0.1, -0.05) is 17.4 Å². The van der Waals surface area contributed by atoms with Gasteiger partial charge in [0.25, 0.3) is 5.91 Å². The fourth-order valence-electron chi connectivity index (χ4n) is 4.94. The summed E-state index contributed by atoms with van der Waals surface area (Å²) < 4.78 is 40.3. The third-order valence-corrected chi connectivity index (χ3v) is 10.6. The van der Waals surface area contributed by atoms with E-state index in [-0.39, 0.29) is 35.4 Å². The van der Waals surface area contributed by atoms with Gasteiger partial charge in [-0.25, -0.2) is 13.4 Å². The Morgan fingerprint density at radius 3 is 2.42 bits per heavy atom. The number of halogens is 1. The van der Waals surface area contributed by atoms with Crippen LogP contribution in [0.3, 0.4) is 0 Å². The summed E-state index contributed by atoms with van der Waals surface area (Å²) >= 11 is 3.12. The SMILES string of the molecule is CSc1cccc2sc(N(CCN3CCOCC3)C(=O)c3ccc(S(=O)(=O)N4CC(C)OC(C)C4)cc3)nc12.Cl. The van der Waals surface area contributed by atoms with Gasteiger partial charge >= 0.3 is 0 Å². The smallest absolute Gasteiger partial charge is 0.260 e. The number of anilines is 1. The van der Waals surface area contributed by atoms with Crippen molar-refractivity contribution in [1.29, 1.82) is 0 Å². The van der Waals surface area contributed by atoms with E-state index in [9.17, 15) is 13.2 Å². The van der Waals surface area contributed by atoms with E-state index in [0.717, 1.165) is 28.2 Å². The summed E-state index contributed by atoms with van der Waals surface area (Å²) in [6, 6.07) is 12.3. The minimum Gasteiger partial charge on any atom is -0.379 e. The number of carbonyl (C=O) groups is 1. The summed E-state index contributed by atoms with van der Waals surface area (Å²) in [7, 11) is -3.70. The van der Waals surface area contributed by atoms with Crippen LogP contribution in [0.25, 0.3) is 10.2 Å². The molecule has 2 aromatic carbocycles. The monoisotopic (exact) mass is 626 g/mol. The van der Waals surface area contributed by atoms with Crippen LogP contribution in [0.5, 0.6) is 0 Å². The summed E-state index contributed by atoms with van der Waals surface area (Å²) in [6.45, 7) is 8.53. The zero-order chi connectivity index (χ0) is 27.6. The first-order valence-electron chi connectivity index (χ1n) is 13.1. The predicted octanol–water partition coefficient (Wildman–Crippen LogP) is 4.22. The number of carbonyl (C=O) groups excluding carboxylic acids is 1. The molecule has 2 unspecified atom stereocenters. The van der Waals surface area contributed by atoms with Crippen molar-refractivity contribution in [3.05, 3.63) is 48.0 Å². The van der Waals surface area contributed by atoms with Gasteiger partial charge in [0, 0.05) is 49.7 Å². The van der Waals surface area contributed by atoms with Crippen LogP contribution in [-0.2, 0) is 19.5 Å². The number of morpholine rings is 2. The van der Waals surface area contributed by atoms with Gasteiger partial charge in [-0.3, -0.25) is 14.6 Å². The van der Waals surface area contributed by atoms with Crippen LogP contribution >= 0.6 is 35.5 Å². The van der Waals surface area contributed by atoms with Crippen molar-refractivity contribution < 1.29 is 22.7 Å². The molecule has 0 bridgehead atoms. The van der Waals surface area contributed by atoms with E-state index < -0.39 is 10.0 Å². The van der Waals surface area contributed by atoms with Crippen molar-refractivity contribution in [3.63, 3.8) is 0 Å². The van der Waals surface area contributed by atoms with Crippen LogP contribution < -0.4 is 4.90 Å². The molecule has 2 atom stereocenters. The van der Waals surface area contributed by atoms with Gasteiger partial charge in [-0.2, -0.15) is 4.31 Å². The number of fused-ring (bicyclic) bond motifs is 1. The van der Waals surface area contributed by atoms with Crippen LogP contribution in [0.15, 0.2) is 52.3 Å². The van der Waals surface area contributed by atoms with Crippen molar-refractivity contribution in [2.75, 3.05) is 63.6 Å². The fraction of sp³-hybridized carbons (Fsp3) is 0.481. The number of hydrogen-bond acceptors (Lipinski definition) is 9. The molecule has 3 heterocycles. The first-order chi connectivity index (χ1) is 18.8. The highest BCUT2D eigenvalue weighted by Gasteiger charge is 2.32. The minimum atomic E-state index is -3.70. The average molecular weight is 627 g/mol. The van der Waals surface area contributed by atoms with Crippen LogP contribution in [0.4, 0.5) is 5.13 Å². The maximum absolute atomic E-state index is 13.9. The van der Waals surface area contributed by atoms with E-state index in [1.54, 1.807) is 28.8 Å². The standard InChI is InChI=1S/C27H34N4O5S3.ClH/c1-19-17-30(18-20(2)36-19)39(33,34)22-9-7-21(8-10-22)26(32)31(12-11-29-13-15-35-16-14-29)27-28-25-23(37-3)5-4-6-24(25)38-27;/h4-10,19-20H,11-18H2,1-3H3;1H. The van der Waals surface area contributed by atoms with Gasteiger partial charge in [-0.15, -0.1) is 24.2 Å². The van der Waals surface area contributed by atoms with Crippen LogP contribution in [0.2, 0.25) is 0 Å². The lowest BCUT2D eigenvalue weighted by Gasteiger charge is -2.34. The molecule has 2 aliphatic rings. The number of rotatable bonds is 8. The van der Waals surface area contributed by atoms with Crippen LogP contribution in [0, 0.1) is 0 Å². The number of aromatic nitrogens is 1. The molecule has 0 spiro atoms. The summed E-state index contributed by atoms with van der Waals surface area (Å²) in [5.74, 6) is -0.203. The molecule has 5 rings (SSSR count). The Morgan fingerprint density at radius 2 is 1.77 bits per heavy atom. The Labute approximate surface area is 250 Å². The molecule has 2 fully saturated rings. The molecule has 0 saturated carbocycles. The van der Waals surface area contributed by atoms with Crippen molar-refractivity contribution in [2.45, 2.75) is 35.8 Å². The molecule has 9 nitrogen and oxygen atoms in total. The summed E-state index contributed by atoms with van der Waals surface area (Å²) in [4.78, 5) is 24.0. The van der Waals surface area contributed by atoms with Crippen molar-refractivity contribution >= 4 is 66.8 Å². The van der Waals surface area contributed by atoms with Crippen molar-refractivity contribution in [2.24, 2.45) is 0 Å². The Morgan fingerprint density at radius 1 is 1.10 bits per heavy atom. The lowest BCUT2D eigenvalue weighted by molar-refractivity contribution is -0.0440. The topological polar surface area (TPSA) is 92.3 Å². The maximum atomic E-state index is 13.9. The molecule has 1 amide bonds. The Balaban J connectivity index is 0.00000370. The van der Waals surface area contributed by atoms with Gasteiger partial charge in [0.2, 0.25) is 10.0 Å². The molecule has 2 saturated heterocycles. The van der Waals surface area contributed by atoms with Crippen molar-refractivity contribution in [3.8, 4) is 0 Å². The summed E-state index contributed by atoms with van der Waals surface area (Å²) in [6.07, 6.45) is 1.66. The molecular weight excluding hydrogens is 592 g/mol. The number of sulfonamides is 1.